The third-order valence-electron chi connectivity index (χ3n) is 7.03. The fourth-order valence-corrected chi connectivity index (χ4v) is 4.54. The molecule has 0 aromatic carbocycles. The summed E-state index contributed by atoms with van der Waals surface area (Å²) in [5.41, 5.74) is 0.0677. The number of halogens is 12. The molecule has 0 amide bonds. The molecule has 0 saturated carbocycles. The molecule has 0 atom stereocenters. The second-order valence-corrected chi connectivity index (χ2v) is 10.7. The van der Waals surface area contributed by atoms with Crippen LogP contribution in [-0.2, 0) is 51.1 Å². The van der Waals surface area contributed by atoms with E-state index in [1.807, 2.05) is 4.90 Å². The molecule has 2 aromatic heterocycles. The van der Waals surface area contributed by atoms with Crippen LogP contribution >= 0.6 is 0 Å². The summed E-state index contributed by atoms with van der Waals surface area (Å²) in [6.07, 6.45) is -23.5. The summed E-state index contributed by atoms with van der Waals surface area (Å²) in [6, 6.07) is 7.24. The third-order valence-corrected chi connectivity index (χ3v) is 7.03. The zero-order chi connectivity index (χ0) is 39.6. The Hall–Kier alpha value is -5.14. The largest absolute Gasteiger partial charge is 0.524 e. The standard InChI is InChI=1S/C27H21F12N5O9/c28-22(29,30)18(45)50-26(51-19(46)23(31,32)33)27(52-20(47)24(34,35)36,53-21(48)25(37,38)39)49-17-14(13-41-26)4-5-16(42-17)44-11-9-43(10-12-44)8-6-15-3-1-2-7-40-15/h1-5,7,41H,6,8-13H2. The summed E-state index contributed by atoms with van der Waals surface area (Å²) in [7, 11) is 0. The number of carbonyl (C=O) groups is 4. The Morgan fingerprint density at radius 3 is 1.70 bits per heavy atom. The number of pyridine rings is 2. The number of alkyl halides is 12. The molecule has 0 bridgehead atoms. The summed E-state index contributed by atoms with van der Waals surface area (Å²) < 4.78 is 181. The summed E-state index contributed by atoms with van der Waals surface area (Å²) in [6.45, 7) is -0.0957. The number of aromatic nitrogens is 2. The number of ether oxygens (including phenoxy) is 5. The van der Waals surface area contributed by atoms with Gasteiger partial charge in [0.05, 0.1) is 0 Å². The molecule has 1 N–H and O–H groups in total. The van der Waals surface area contributed by atoms with Crippen LogP contribution in [0.5, 0.6) is 5.88 Å². The SMILES string of the molecule is O=C(OC1(OC(=O)C(F)(F)F)NCc2ccc(N3CCN(CCc4ccccn4)CC3)nc2OC1(OC(=O)C(F)(F)F)OC(=O)C(F)(F)F)C(F)(F)F. The number of fused-ring (bicyclic) bond motifs is 1. The molecular weight excluding hydrogens is 766 g/mol. The maximum Gasteiger partial charge on any atom is 0.524 e. The Morgan fingerprint density at radius 2 is 1.23 bits per heavy atom. The Kier molecular flexibility index (Phi) is 11.3. The molecule has 2 aromatic rings. The highest BCUT2D eigenvalue weighted by Gasteiger charge is 2.75. The first-order valence-electron chi connectivity index (χ1n) is 14.4. The van der Waals surface area contributed by atoms with Crippen LogP contribution < -0.4 is 15.0 Å². The third kappa shape index (κ3) is 9.65. The second-order valence-electron chi connectivity index (χ2n) is 10.7. The van der Waals surface area contributed by atoms with E-state index in [4.69, 9.17) is 4.74 Å². The van der Waals surface area contributed by atoms with E-state index in [0.717, 1.165) is 17.8 Å². The number of carbonyl (C=O) groups excluding carboxylic acids is 4. The van der Waals surface area contributed by atoms with Gasteiger partial charge in [-0.05, 0) is 24.3 Å². The van der Waals surface area contributed by atoms with Gasteiger partial charge in [-0.1, -0.05) is 6.07 Å². The highest BCUT2D eigenvalue weighted by atomic mass is 19.4. The first-order valence-corrected chi connectivity index (χ1v) is 14.4. The minimum atomic E-state index is -6.42. The molecule has 2 aliphatic rings. The summed E-state index contributed by atoms with van der Waals surface area (Å²) in [5.74, 6) is -27.7. The molecule has 4 heterocycles. The quantitative estimate of drug-likeness (QED) is 0.237. The zero-order valence-electron chi connectivity index (χ0n) is 25.9. The van der Waals surface area contributed by atoms with Crippen LogP contribution in [0.15, 0.2) is 36.5 Å². The molecule has 0 unspecified atom stereocenters. The molecule has 0 spiro atoms. The van der Waals surface area contributed by atoms with Crippen molar-refractivity contribution in [1.29, 1.82) is 0 Å². The molecule has 0 aliphatic carbocycles. The minimum Gasteiger partial charge on any atom is -0.395 e. The molecule has 0 radical (unpaired) electrons. The van der Waals surface area contributed by atoms with E-state index in [0.29, 0.717) is 26.1 Å². The van der Waals surface area contributed by atoms with Crippen molar-refractivity contribution >= 4 is 29.7 Å². The van der Waals surface area contributed by atoms with E-state index < -0.39 is 78.5 Å². The van der Waals surface area contributed by atoms with Crippen LogP contribution in [0.25, 0.3) is 0 Å². The smallest absolute Gasteiger partial charge is 0.395 e. The fourth-order valence-electron chi connectivity index (χ4n) is 4.54. The maximum atomic E-state index is 13.5. The number of esters is 4. The summed E-state index contributed by atoms with van der Waals surface area (Å²) in [5, 5.41) is 1.23. The molecular formula is C27H21F12N5O9. The monoisotopic (exact) mass is 787 g/mol. The molecule has 2 aliphatic heterocycles. The lowest BCUT2D eigenvalue weighted by Crippen LogP contribution is -2.73. The van der Waals surface area contributed by atoms with Gasteiger partial charge >= 0.3 is 60.5 Å². The first-order chi connectivity index (χ1) is 24.4. The van der Waals surface area contributed by atoms with Crippen molar-refractivity contribution in [3.63, 3.8) is 0 Å². The lowest BCUT2D eigenvalue weighted by Gasteiger charge is -2.42. The maximum absolute atomic E-state index is 13.5. The molecule has 1 fully saturated rings. The van der Waals surface area contributed by atoms with Crippen molar-refractivity contribution in [2.45, 2.75) is 49.6 Å². The number of piperazine rings is 1. The lowest BCUT2D eigenvalue weighted by molar-refractivity contribution is -0.450. The minimum absolute atomic E-state index is 0.111. The molecule has 1 saturated heterocycles. The number of hydrogen-bond donors (Lipinski definition) is 1. The van der Waals surface area contributed by atoms with Crippen LogP contribution in [0, 0.1) is 0 Å². The van der Waals surface area contributed by atoms with Crippen molar-refractivity contribution in [3.05, 3.63) is 47.8 Å². The number of hydrogen-bond acceptors (Lipinski definition) is 14. The lowest BCUT2D eigenvalue weighted by atomic mass is 10.2. The van der Waals surface area contributed by atoms with Gasteiger partial charge in [-0.3, -0.25) is 9.88 Å². The van der Waals surface area contributed by atoms with E-state index in [9.17, 15) is 71.9 Å². The molecule has 292 valence electrons. The van der Waals surface area contributed by atoms with Gasteiger partial charge < -0.3 is 28.6 Å². The molecule has 53 heavy (non-hydrogen) atoms. The van der Waals surface area contributed by atoms with E-state index in [1.165, 1.54) is 10.2 Å². The Labute approximate surface area is 286 Å². The van der Waals surface area contributed by atoms with Crippen molar-refractivity contribution < 1.29 is 95.5 Å². The highest BCUT2D eigenvalue weighted by molar-refractivity contribution is 5.80. The number of rotatable bonds is 8. The molecule has 4 rings (SSSR count). The van der Waals surface area contributed by atoms with Gasteiger partial charge in [0, 0.05) is 63.1 Å². The van der Waals surface area contributed by atoms with E-state index in [-0.39, 0.29) is 18.9 Å². The predicted molar refractivity (Wildman–Crippen MR) is 142 cm³/mol. The van der Waals surface area contributed by atoms with E-state index >= 15 is 0 Å². The topological polar surface area (TPSA) is 159 Å². The number of nitrogens with zero attached hydrogens (tertiary/aromatic N) is 4. The van der Waals surface area contributed by atoms with Gasteiger partial charge in [-0.2, -0.15) is 57.7 Å². The number of nitrogens with one attached hydrogen (secondary N) is 1. The number of anilines is 1. The Bertz CT molecular complexity index is 1620. The van der Waals surface area contributed by atoms with Gasteiger partial charge in [0.25, 0.3) is 0 Å². The first kappa shape index (κ1) is 40.6. The van der Waals surface area contributed by atoms with Crippen molar-refractivity contribution in [2.24, 2.45) is 0 Å². The van der Waals surface area contributed by atoms with Crippen LogP contribution in [0.2, 0.25) is 0 Å². The molecule has 26 heteroatoms. The Morgan fingerprint density at radius 1 is 0.717 bits per heavy atom. The van der Waals surface area contributed by atoms with Crippen molar-refractivity contribution in [3.8, 4) is 5.88 Å². The van der Waals surface area contributed by atoms with Crippen LogP contribution in [-0.4, -0.2) is 108 Å². The van der Waals surface area contributed by atoms with E-state index in [2.05, 4.69) is 28.9 Å². The van der Waals surface area contributed by atoms with Crippen LogP contribution in [0.4, 0.5) is 58.5 Å². The normalized spacial score (nSPS) is 17.8. The van der Waals surface area contributed by atoms with E-state index in [1.54, 1.807) is 24.4 Å². The van der Waals surface area contributed by atoms with Crippen LogP contribution in [0.3, 0.4) is 0 Å². The van der Waals surface area contributed by atoms with Crippen molar-refractivity contribution in [1.82, 2.24) is 20.2 Å². The summed E-state index contributed by atoms with van der Waals surface area (Å²) >= 11 is 0. The molecule has 14 nitrogen and oxygen atoms in total. The fraction of sp³-hybridized carbons (Fsp3) is 0.481. The average molecular weight is 787 g/mol. The zero-order valence-corrected chi connectivity index (χ0v) is 25.9. The van der Waals surface area contributed by atoms with Gasteiger partial charge in [-0.25, -0.2) is 24.5 Å². The van der Waals surface area contributed by atoms with Gasteiger partial charge in [0.2, 0.25) is 5.88 Å². The predicted octanol–water partition coefficient (Wildman–Crippen LogP) is 3.05. The van der Waals surface area contributed by atoms with Gasteiger partial charge in [-0.15, -0.1) is 0 Å². The van der Waals surface area contributed by atoms with Crippen molar-refractivity contribution in [2.75, 3.05) is 37.6 Å². The Balaban J connectivity index is 1.82. The highest BCUT2D eigenvalue weighted by Crippen LogP contribution is 2.43. The summed E-state index contributed by atoms with van der Waals surface area (Å²) in [4.78, 5) is 59.4. The van der Waals surface area contributed by atoms with Gasteiger partial charge in [0.15, 0.2) is 0 Å². The van der Waals surface area contributed by atoms with Crippen LogP contribution in [0.1, 0.15) is 11.3 Å². The average Bonchev–Trinajstić information content (AvgIpc) is 3.16. The second kappa shape index (κ2) is 14.7. The van der Waals surface area contributed by atoms with Gasteiger partial charge in [0.1, 0.15) is 5.82 Å².